The van der Waals surface area contributed by atoms with Crippen LogP contribution in [0.3, 0.4) is 0 Å². The van der Waals surface area contributed by atoms with Crippen molar-refractivity contribution in [1.29, 1.82) is 0 Å². The Morgan fingerprint density at radius 2 is 1.68 bits per heavy atom. The highest BCUT2D eigenvalue weighted by atomic mass is 16.5. The molecule has 0 aliphatic carbocycles. The molecule has 1 heterocycles. The number of anilines is 2. The molecule has 1 saturated heterocycles. The summed E-state index contributed by atoms with van der Waals surface area (Å²) in [7, 11) is 0. The molecule has 40 heavy (non-hydrogen) atoms. The Kier molecular flexibility index (Phi) is 9.25. The molecule has 0 aromatic heterocycles. The van der Waals surface area contributed by atoms with Gasteiger partial charge in [-0.25, -0.2) is 0 Å². The van der Waals surface area contributed by atoms with Crippen LogP contribution in [0, 0.1) is 12.8 Å². The Morgan fingerprint density at radius 3 is 2.30 bits per heavy atom. The largest absolute Gasteiger partial charge is 0.457 e. The number of esters is 1. The number of nitrogens with one attached hydrogen (secondary N) is 1. The Labute approximate surface area is 236 Å². The third-order valence-electron chi connectivity index (χ3n) is 7.23. The Bertz CT molecular complexity index is 1360. The Morgan fingerprint density at radius 1 is 1.00 bits per heavy atom. The summed E-state index contributed by atoms with van der Waals surface area (Å²) in [4.78, 5) is 39.6. The van der Waals surface area contributed by atoms with E-state index in [1.165, 1.54) is 0 Å². The summed E-state index contributed by atoms with van der Waals surface area (Å²) in [5.41, 5.74) is 5.77. The second kappa shape index (κ2) is 12.8. The molecule has 1 fully saturated rings. The lowest BCUT2D eigenvalue weighted by Gasteiger charge is -2.18. The van der Waals surface area contributed by atoms with Gasteiger partial charge in [0.15, 0.2) is 6.61 Å². The van der Waals surface area contributed by atoms with Crippen molar-refractivity contribution in [1.82, 2.24) is 0 Å². The lowest BCUT2D eigenvalue weighted by molar-refractivity contribution is -0.151. The number of hydrogen-bond acceptors (Lipinski definition) is 5. The number of para-hydroxylation sites is 1. The number of amides is 2. The standard InChI is InChI=1S/C33H38N2O5/c1-6-23-9-8-10-24(7-2)32(23)34-30(36)20-39-33(38)25-18-31(37)35(19-25)26-12-14-27(15-13-26)40-29-17-22(5)11-16-28(29)21(3)4/h8-17,21,25H,6-7,18-20H2,1-5H3,(H,34,36)/t25-/m0/s1. The summed E-state index contributed by atoms with van der Waals surface area (Å²) in [6, 6.07) is 19.4. The van der Waals surface area contributed by atoms with Gasteiger partial charge in [0, 0.05) is 24.3 Å². The first kappa shape index (κ1) is 28.9. The number of carbonyl (C=O) groups is 3. The maximum absolute atomic E-state index is 12.8. The van der Waals surface area contributed by atoms with Crippen LogP contribution in [-0.2, 0) is 32.0 Å². The average Bonchev–Trinajstić information content (AvgIpc) is 3.33. The van der Waals surface area contributed by atoms with Crippen LogP contribution in [0.2, 0.25) is 0 Å². The molecule has 7 heteroatoms. The maximum atomic E-state index is 12.8. The minimum absolute atomic E-state index is 0.0401. The number of ether oxygens (including phenoxy) is 2. The van der Waals surface area contributed by atoms with Gasteiger partial charge >= 0.3 is 5.97 Å². The lowest BCUT2D eigenvalue weighted by Crippen LogP contribution is -2.28. The number of carbonyl (C=O) groups excluding carboxylic acids is 3. The van der Waals surface area contributed by atoms with E-state index in [-0.39, 0.29) is 18.9 Å². The molecule has 0 bridgehead atoms. The van der Waals surface area contributed by atoms with E-state index < -0.39 is 24.4 Å². The van der Waals surface area contributed by atoms with Gasteiger partial charge in [0.2, 0.25) is 5.91 Å². The smallest absolute Gasteiger partial charge is 0.311 e. The summed E-state index contributed by atoms with van der Waals surface area (Å²) < 4.78 is 11.5. The predicted molar refractivity (Wildman–Crippen MR) is 157 cm³/mol. The van der Waals surface area contributed by atoms with Crippen LogP contribution in [0.15, 0.2) is 60.7 Å². The Balaban J connectivity index is 1.34. The summed E-state index contributed by atoms with van der Waals surface area (Å²) in [5, 5.41) is 2.90. The number of hydrogen-bond donors (Lipinski definition) is 1. The molecule has 210 valence electrons. The van der Waals surface area contributed by atoms with Gasteiger partial charge in [-0.05, 0) is 78.3 Å². The van der Waals surface area contributed by atoms with Gasteiger partial charge in [-0.3, -0.25) is 14.4 Å². The third-order valence-corrected chi connectivity index (χ3v) is 7.23. The molecular weight excluding hydrogens is 504 g/mol. The van der Waals surface area contributed by atoms with Gasteiger partial charge < -0.3 is 19.7 Å². The van der Waals surface area contributed by atoms with E-state index in [4.69, 9.17) is 9.47 Å². The van der Waals surface area contributed by atoms with Crippen LogP contribution in [-0.4, -0.2) is 30.9 Å². The van der Waals surface area contributed by atoms with Crippen molar-refractivity contribution in [3.63, 3.8) is 0 Å². The van der Waals surface area contributed by atoms with Gasteiger partial charge in [-0.2, -0.15) is 0 Å². The highest BCUT2D eigenvalue weighted by molar-refractivity contribution is 6.00. The highest BCUT2D eigenvalue weighted by Gasteiger charge is 2.36. The third kappa shape index (κ3) is 6.71. The maximum Gasteiger partial charge on any atom is 0.311 e. The first-order chi connectivity index (χ1) is 19.2. The molecule has 2 amide bonds. The average molecular weight is 543 g/mol. The molecular formula is C33H38N2O5. The molecule has 0 spiro atoms. The van der Waals surface area contributed by atoms with Gasteiger partial charge in [0.1, 0.15) is 11.5 Å². The summed E-state index contributed by atoms with van der Waals surface area (Å²) in [6.07, 6.45) is 1.60. The molecule has 4 rings (SSSR count). The van der Waals surface area contributed by atoms with E-state index in [0.29, 0.717) is 17.4 Å². The van der Waals surface area contributed by atoms with Crippen molar-refractivity contribution in [2.75, 3.05) is 23.4 Å². The van der Waals surface area contributed by atoms with Crippen molar-refractivity contribution in [3.05, 3.63) is 82.9 Å². The first-order valence-electron chi connectivity index (χ1n) is 14.0. The first-order valence-corrected chi connectivity index (χ1v) is 14.0. The summed E-state index contributed by atoms with van der Waals surface area (Å²) >= 11 is 0. The van der Waals surface area contributed by atoms with E-state index in [9.17, 15) is 14.4 Å². The second-order valence-corrected chi connectivity index (χ2v) is 10.5. The fourth-order valence-electron chi connectivity index (χ4n) is 4.98. The van der Waals surface area contributed by atoms with E-state index in [1.54, 1.807) is 4.90 Å². The van der Waals surface area contributed by atoms with Crippen molar-refractivity contribution in [3.8, 4) is 11.5 Å². The highest BCUT2D eigenvalue weighted by Crippen LogP contribution is 2.33. The fourth-order valence-corrected chi connectivity index (χ4v) is 4.98. The van der Waals surface area contributed by atoms with E-state index >= 15 is 0 Å². The SMILES string of the molecule is CCc1cccc(CC)c1NC(=O)COC(=O)[C@H]1CC(=O)N(c2ccc(Oc3cc(C)ccc3C(C)C)cc2)C1. The van der Waals surface area contributed by atoms with Crippen molar-refractivity contribution < 1.29 is 23.9 Å². The van der Waals surface area contributed by atoms with Gasteiger partial charge in [-0.1, -0.05) is 58.0 Å². The zero-order valence-corrected chi connectivity index (χ0v) is 24.0. The molecule has 3 aromatic carbocycles. The van der Waals surface area contributed by atoms with Crippen molar-refractivity contribution in [2.45, 2.75) is 59.8 Å². The van der Waals surface area contributed by atoms with Gasteiger partial charge in [0.05, 0.1) is 5.92 Å². The predicted octanol–water partition coefficient (Wildman–Crippen LogP) is 6.57. The molecule has 3 aromatic rings. The monoisotopic (exact) mass is 542 g/mol. The number of benzene rings is 3. The Hall–Kier alpha value is -4.13. The molecule has 0 saturated carbocycles. The van der Waals surface area contributed by atoms with Crippen LogP contribution in [0.1, 0.15) is 62.3 Å². The summed E-state index contributed by atoms with van der Waals surface area (Å²) in [6.45, 7) is 10.1. The van der Waals surface area contributed by atoms with Gasteiger partial charge in [-0.15, -0.1) is 0 Å². The van der Waals surface area contributed by atoms with Crippen LogP contribution < -0.4 is 15.0 Å². The normalized spacial score (nSPS) is 14.9. The second-order valence-electron chi connectivity index (χ2n) is 10.5. The molecule has 0 radical (unpaired) electrons. The zero-order chi connectivity index (χ0) is 28.8. The van der Waals surface area contributed by atoms with E-state index in [1.807, 2.05) is 69.3 Å². The van der Waals surface area contributed by atoms with E-state index in [2.05, 4.69) is 31.3 Å². The molecule has 0 unspecified atom stereocenters. The van der Waals surface area contributed by atoms with Crippen molar-refractivity contribution in [2.24, 2.45) is 5.92 Å². The van der Waals surface area contributed by atoms with Crippen molar-refractivity contribution >= 4 is 29.2 Å². The topological polar surface area (TPSA) is 84.9 Å². The van der Waals surface area contributed by atoms with E-state index in [0.717, 1.165) is 46.5 Å². The molecule has 1 atom stereocenters. The van der Waals surface area contributed by atoms with Crippen LogP contribution in [0.5, 0.6) is 11.5 Å². The number of aryl methyl sites for hydroxylation is 3. The summed E-state index contributed by atoms with van der Waals surface area (Å²) in [5.74, 6) is 0.0649. The van der Waals surface area contributed by atoms with Crippen LogP contribution in [0.25, 0.3) is 0 Å². The minimum atomic E-state index is -0.633. The van der Waals surface area contributed by atoms with Crippen LogP contribution >= 0.6 is 0 Å². The van der Waals surface area contributed by atoms with Crippen LogP contribution in [0.4, 0.5) is 11.4 Å². The van der Waals surface area contributed by atoms with Gasteiger partial charge in [0.25, 0.3) is 5.91 Å². The quantitative estimate of drug-likeness (QED) is 0.293. The molecule has 1 N–H and O–H groups in total. The fraction of sp³-hybridized carbons (Fsp3) is 0.364. The zero-order valence-electron chi connectivity index (χ0n) is 24.0. The number of rotatable bonds is 10. The number of nitrogens with zero attached hydrogens (tertiary/aromatic N) is 1. The minimum Gasteiger partial charge on any atom is -0.457 e. The lowest BCUT2D eigenvalue weighted by atomic mass is 10.0. The molecule has 1 aliphatic heterocycles. The molecule has 1 aliphatic rings. The molecule has 7 nitrogen and oxygen atoms in total.